The van der Waals surface area contributed by atoms with Crippen molar-refractivity contribution < 1.29 is 4.74 Å². The van der Waals surface area contributed by atoms with Gasteiger partial charge in [-0.25, -0.2) is 4.98 Å². The number of likely N-dealkylation sites (tertiary alicyclic amines) is 1. The Bertz CT molecular complexity index is 673. The lowest BCUT2D eigenvalue weighted by Gasteiger charge is -2.41. The minimum atomic E-state index is 0.119. The van der Waals surface area contributed by atoms with E-state index in [2.05, 4.69) is 70.2 Å². The second-order valence-electron chi connectivity index (χ2n) is 9.33. The third kappa shape index (κ3) is 6.32. The van der Waals surface area contributed by atoms with Crippen molar-refractivity contribution in [1.29, 1.82) is 0 Å². The van der Waals surface area contributed by atoms with E-state index in [0.29, 0.717) is 6.54 Å². The maximum atomic E-state index is 5.82. The van der Waals surface area contributed by atoms with Gasteiger partial charge in [-0.05, 0) is 65.3 Å². The molecule has 2 N–H and O–H groups in total. The first-order valence-corrected chi connectivity index (χ1v) is 11.4. The molecule has 2 fully saturated rings. The van der Waals surface area contributed by atoms with Crippen molar-refractivity contribution >= 4 is 11.8 Å². The van der Waals surface area contributed by atoms with Crippen molar-refractivity contribution in [2.24, 2.45) is 4.99 Å². The zero-order valence-corrected chi connectivity index (χ0v) is 19.4. The van der Waals surface area contributed by atoms with Crippen LogP contribution in [0.5, 0.6) is 0 Å². The number of piperidine rings is 1. The van der Waals surface area contributed by atoms with Crippen LogP contribution < -0.4 is 15.5 Å². The highest BCUT2D eigenvalue weighted by molar-refractivity contribution is 5.79. The molecular weight excluding hydrogens is 376 g/mol. The highest BCUT2D eigenvalue weighted by Crippen LogP contribution is 2.20. The van der Waals surface area contributed by atoms with Gasteiger partial charge in [0.1, 0.15) is 5.82 Å². The molecule has 7 heteroatoms. The molecule has 2 unspecified atom stereocenters. The lowest BCUT2D eigenvalue weighted by molar-refractivity contribution is -0.00545. The van der Waals surface area contributed by atoms with Gasteiger partial charge < -0.3 is 20.3 Å². The molecule has 168 valence electrons. The molecule has 0 aliphatic carbocycles. The van der Waals surface area contributed by atoms with E-state index in [1.54, 1.807) is 0 Å². The smallest absolute Gasteiger partial charge is 0.191 e. The Balaban J connectivity index is 1.47. The molecule has 0 radical (unpaired) electrons. The third-order valence-corrected chi connectivity index (χ3v) is 6.14. The second-order valence-corrected chi connectivity index (χ2v) is 9.33. The van der Waals surface area contributed by atoms with E-state index in [1.807, 2.05) is 13.2 Å². The number of hydrogen-bond donors (Lipinski definition) is 2. The standard InChI is InChI=1S/C23H40N6O/c1-18-15-28(16-19(2)30-18)21-10-9-20(13-25-21)14-26-22(24-5)27-17-23(3,4)29-11-7-6-8-12-29/h9-10,13,18-19H,6-8,11-12,14-17H2,1-5H3,(H2,24,26,27). The summed E-state index contributed by atoms with van der Waals surface area (Å²) >= 11 is 0. The molecule has 2 atom stereocenters. The van der Waals surface area contributed by atoms with Crippen LogP contribution in [0.2, 0.25) is 0 Å². The number of ether oxygens (including phenoxy) is 1. The lowest BCUT2D eigenvalue weighted by Crippen LogP contribution is -2.54. The Morgan fingerprint density at radius 3 is 2.43 bits per heavy atom. The number of rotatable bonds is 6. The van der Waals surface area contributed by atoms with Crippen LogP contribution in [-0.4, -0.2) is 73.4 Å². The quantitative estimate of drug-likeness (QED) is 0.549. The number of morpholine rings is 1. The van der Waals surface area contributed by atoms with Gasteiger partial charge in [0.2, 0.25) is 0 Å². The molecule has 3 rings (SSSR count). The maximum Gasteiger partial charge on any atom is 0.191 e. The van der Waals surface area contributed by atoms with E-state index in [1.165, 1.54) is 32.4 Å². The first-order valence-electron chi connectivity index (χ1n) is 11.4. The zero-order chi connectivity index (χ0) is 21.6. The summed E-state index contributed by atoms with van der Waals surface area (Å²) in [5.74, 6) is 1.85. The number of aliphatic imine (C=N–C) groups is 1. The van der Waals surface area contributed by atoms with Crippen LogP contribution in [0.25, 0.3) is 0 Å². The molecule has 1 aromatic heterocycles. The van der Waals surface area contributed by atoms with Crippen molar-refractivity contribution in [1.82, 2.24) is 20.5 Å². The van der Waals surface area contributed by atoms with Gasteiger partial charge in [-0.15, -0.1) is 0 Å². The average molecular weight is 417 g/mol. The molecule has 0 aromatic carbocycles. The molecule has 0 amide bonds. The van der Waals surface area contributed by atoms with Gasteiger partial charge in [-0.2, -0.15) is 0 Å². The highest BCUT2D eigenvalue weighted by Gasteiger charge is 2.28. The van der Waals surface area contributed by atoms with Gasteiger partial charge in [0, 0.05) is 45.0 Å². The summed E-state index contributed by atoms with van der Waals surface area (Å²) in [7, 11) is 1.82. The van der Waals surface area contributed by atoms with Gasteiger partial charge in [0.05, 0.1) is 12.2 Å². The van der Waals surface area contributed by atoms with E-state index in [9.17, 15) is 0 Å². The monoisotopic (exact) mass is 416 g/mol. The molecule has 2 aliphatic rings. The van der Waals surface area contributed by atoms with Gasteiger partial charge in [0.15, 0.2) is 5.96 Å². The predicted molar refractivity (Wildman–Crippen MR) is 124 cm³/mol. The number of pyridine rings is 1. The molecule has 2 aliphatic heterocycles. The Hall–Kier alpha value is -1.86. The fourth-order valence-electron chi connectivity index (χ4n) is 4.39. The molecule has 7 nitrogen and oxygen atoms in total. The molecule has 30 heavy (non-hydrogen) atoms. The molecule has 0 spiro atoms. The van der Waals surface area contributed by atoms with Crippen molar-refractivity contribution in [2.75, 3.05) is 44.7 Å². The number of nitrogens with one attached hydrogen (secondary N) is 2. The number of hydrogen-bond acceptors (Lipinski definition) is 5. The van der Waals surface area contributed by atoms with Crippen molar-refractivity contribution in [2.45, 2.75) is 71.2 Å². The van der Waals surface area contributed by atoms with E-state index in [-0.39, 0.29) is 17.7 Å². The van der Waals surface area contributed by atoms with Crippen molar-refractivity contribution in [3.8, 4) is 0 Å². The minimum Gasteiger partial charge on any atom is -0.372 e. The van der Waals surface area contributed by atoms with Crippen LogP contribution in [0.15, 0.2) is 23.3 Å². The first-order chi connectivity index (χ1) is 14.4. The number of aromatic nitrogens is 1. The normalized spacial score (nSPS) is 24.0. The Labute approximate surface area is 182 Å². The van der Waals surface area contributed by atoms with E-state index >= 15 is 0 Å². The minimum absolute atomic E-state index is 0.119. The van der Waals surface area contributed by atoms with Crippen molar-refractivity contribution in [3.05, 3.63) is 23.9 Å². The lowest BCUT2D eigenvalue weighted by atomic mass is 9.98. The van der Waals surface area contributed by atoms with Crippen LogP contribution in [0.1, 0.15) is 52.5 Å². The van der Waals surface area contributed by atoms with Gasteiger partial charge in [-0.3, -0.25) is 9.89 Å². The SMILES string of the molecule is CN=C(NCc1ccc(N2CC(C)OC(C)C2)nc1)NCC(C)(C)N1CCCCC1. The second kappa shape index (κ2) is 10.4. The summed E-state index contributed by atoms with van der Waals surface area (Å²) in [5, 5.41) is 6.93. The Morgan fingerprint density at radius 2 is 1.83 bits per heavy atom. The fourth-order valence-corrected chi connectivity index (χ4v) is 4.39. The summed E-state index contributed by atoms with van der Waals surface area (Å²) < 4.78 is 5.82. The number of guanidine groups is 1. The zero-order valence-electron chi connectivity index (χ0n) is 19.4. The van der Waals surface area contributed by atoms with Gasteiger partial charge >= 0.3 is 0 Å². The van der Waals surface area contributed by atoms with E-state index in [0.717, 1.165) is 37.0 Å². The van der Waals surface area contributed by atoms with Crippen LogP contribution >= 0.6 is 0 Å². The fraction of sp³-hybridized carbons (Fsp3) is 0.739. The average Bonchev–Trinajstić information content (AvgIpc) is 2.74. The molecule has 0 bridgehead atoms. The first kappa shape index (κ1) is 22.8. The molecular formula is C23H40N6O. The van der Waals surface area contributed by atoms with Crippen LogP contribution in [-0.2, 0) is 11.3 Å². The summed E-state index contributed by atoms with van der Waals surface area (Å²) in [5.41, 5.74) is 1.26. The molecule has 2 saturated heterocycles. The third-order valence-electron chi connectivity index (χ3n) is 6.14. The summed E-state index contributed by atoms with van der Waals surface area (Å²) in [6.45, 7) is 14.6. The maximum absolute atomic E-state index is 5.82. The molecule has 1 aromatic rings. The van der Waals surface area contributed by atoms with E-state index in [4.69, 9.17) is 4.74 Å². The van der Waals surface area contributed by atoms with Crippen molar-refractivity contribution in [3.63, 3.8) is 0 Å². The number of anilines is 1. The summed E-state index contributed by atoms with van der Waals surface area (Å²) in [4.78, 5) is 14.0. The van der Waals surface area contributed by atoms with Gasteiger partial charge in [-0.1, -0.05) is 12.5 Å². The summed E-state index contributed by atoms with van der Waals surface area (Å²) in [6, 6.07) is 4.25. The summed E-state index contributed by atoms with van der Waals surface area (Å²) in [6.07, 6.45) is 6.40. The number of nitrogens with zero attached hydrogens (tertiary/aromatic N) is 4. The Kier molecular flexibility index (Phi) is 7.94. The van der Waals surface area contributed by atoms with E-state index < -0.39 is 0 Å². The molecule has 0 saturated carbocycles. The largest absolute Gasteiger partial charge is 0.372 e. The highest BCUT2D eigenvalue weighted by atomic mass is 16.5. The van der Waals surface area contributed by atoms with Gasteiger partial charge in [0.25, 0.3) is 0 Å². The van der Waals surface area contributed by atoms with Crippen LogP contribution in [0, 0.1) is 0 Å². The predicted octanol–water partition coefficient (Wildman–Crippen LogP) is 2.62. The van der Waals surface area contributed by atoms with Crippen LogP contribution in [0.3, 0.4) is 0 Å². The molecule has 3 heterocycles. The Morgan fingerprint density at radius 1 is 1.13 bits per heavy atom. The topological polar surface area (TPSA) is 65.0 Å². The van der Waals surface area contributed by atoms with Crippen LogP contribution in [0.4, 0.5) is 5.82 Å².